The minimum Gasteiger partial charge on any atom is -0.384 e. The minimum atomic E-state index is -0.704. The zero-order valence-corrected chi connectivity index (χ0v) is 14.0. The lowest BCUT2D eigenvalue weighted by Gasteiger charge is -2.24. The van der Waals surface area contributed by atoms with Crippen LogP contribution in [0.1, 0.15) is 41.7 Å². The number of ketones is 1. The molecule has 0 radical (unpaired) electrons. The maximum Gasteiger partial charge on any atom is 0.330 e. The minimum absolute atomic E-state index is 0.0117. The van der Waals surface area contributed by atoms with E-state index < -0.39 is 11.2 Å². The summed E-state index contributed by atoms with van der Waals surface area (Å²) in [6.07, 6.45) is 2.53. The van der Waals surface area contributed by atoms with Crippen LogP contribution in [0.25, 0.3) is 0 Å². The third kappa shape index (κ3) is 2.56. The van der Waals surface area contributed by atoms with Crippen LogP contribution in [0, 0.1) is 0 Å². The summed E-state index contributed by atoms with van der Waals surface area (Å²) in [5.74, 6) is -0.377. The lowest BCUT2D eigenvalue weighted by Crippen LogP contribution is -2.40. The van der Waals surface area contributed by atoms with Crippen LogP contribution >= 0.6 is 0 Å². The first-order valence-corrected chi connectivity index (χ1v) is 8.49. The van der Waals surface area contributed by atoms with Gasteiger partial charge in [-0.1, -0.05) is 18.2 Å². The van der Waals surface area contributed by atoms with E-state index in [9.17, 15) is 14.4 Å². The van der Waals surface area contributed by atoms with Gasteiger partial charge in [0.2, 0.25) is 0 Å². The van der Waals surface area contributed by atoms with Crippen molar-refractivity contribution in [1.82, 2.24) is 9.55 Å². The Kier molecular flexibility index (Phi) is 3.52. The van der Waals surface area contributed by atoms with E-state index in [-0.39, 0.29) is 35.8 Å². The number of benzene rings is 1. The van der Waals surface area contributed by atoms with Crippen LogP contribution < -0.4 is 21.9 Å². The number of nitrogen functional groups attached to an aromatic ring is 1. The van der Waals surface area contributed by atoms with Gasteiger partial charge in [-0.15, -0.1) is 0 Å². The number of nitrogens with two attached hydrogens (primary N) is 1. The Morgan fingerprint density at radius 3 is 2.72 bits per heavy atom. The lowest BCUT2D eigenvalue weighted by molar-refractivity contribution is 0.0996. The number of nitrogens with zero attached hydrogens (tertiary/aromatic N) is 2. The second-order valence-electron chi connectivity index (χ2n) is 6.85. The molecule has 2 heterocycles. The van der Waals surface area contributed by atoms with Crippen molar-refractivity contribution in [2.75, 3.05) is 17.2 Å². The van der Waals surface area contributed by atoms with Gasteiger partial charge in [0.25, 0.3) is 5.56 Å². The second kappa shape index (κ2) is 5.61. The molecule has 1 aliphatic carbocycles. The monoisotopic (exact) mass is 340 g/mol. The molecule has 25 heavy (non-hydrogen) atoms. The van der Waals surface area contributed by atoms with Gasteiger partial charge in [-0.05, 0) is 37.8 Å². The third-order valence-electron chi connectivity index (χ3n) is 5.04. The number of carbonyl (C=O) groups excluding carboxylic acids is 1. The summed E-state index contributed by atoms with van der Waals surface area (Å²) in [4.78, 5) is 41.3. The molecule has 1 saturated carbocycles. The summed E-state index contributed by atoms with van der Waals surface area (Å²) >= 11 is 0. The Hall–Kier alpha value is -2.83. The Morgan fingerprint density at radius 2 is 2.00 bits per heavy atom. The first-order valence-electron chi connectivity index (χ1n) is 8.49. The fraction of sp³-hybridized carbons (Fsp3) is 0.389. The summed E-state index contributed by atoms with van der Waals surface area (Å²) < 4.78 is 1.34. The molecule has 130 valence electrons. The van der Waals surface area contributed by atoms with Crippen LogP contribution in [-0.4, -0.2) is 27.9 Å². The van der Waals surface area contributed by atoms with Crippen molar-refractivity contribution in [3.63, 3.8) is 0 Å². The quantitative estimate of drug-likeness (QED) is 0.811. The summed E-state index contributed by atoms with van der Waals surface area (Å²) in [6, 6.07) is 8.09. The zero-order valence-electron chi connectivity index (χ0n) is 14.0. The zero-order chi connectivity index (χ0) is 17.7. The maximum absolute atomic E-state index is 12.8. The number of carbonyl (C=O) groups is 1. The summed E-state index contributed by atoms with van der Waals surface area (Å²) in [7, 11) is 0. The topological polar surface area (TPSA) is 101 Å². The number of para-hydroxylation sites is 1. The molecule has 7 nitrogen and oxygen atoms in total. The Morgan fingerprint density at radius 1 is 1.28 bits per heavy atom. The van der Waals surface area contributed by atoms with E-state index in [1.54, 1.807) is 0 Å². The highest BCUT2D eigenvalue weighted by Gasteiger charge is 2.32. The number of nitrogens with one attached hydrogen (secondary N) is 1. The molecule has 0 saturated heterocycles. The summed E-state index contributed by atoms with van der Waals surface area (Å²) in [6.45, 7) is 2.11. The first-order chi connectivity index (χ1) is 12.0. The number of Topliss-reactive ketones (excluding diaryl/α,β-unsaturated/α-hetero) is 1. The highest BCUT2D eigenvalue weighted by molar-refractivity contribution is 6.02. The van der Waals surface area contributed by atoms with E-state index >= 15 is 0 Å². The molecular formula is C18H20N4O3. The molecule has 0 amide bonds. The smallest absolute Gasteiger partial charge is 0.330 e. The normalized spacial score (nSPS) is 19.1. The van der Waals surface area contributed by atoms with Gasteiger partial charge < -0.3 is 10.6 Å². The third-order valence-corrected chi connectivity index (χ3v) is 5.04. The maximum atomic E-state index is 12.8. The SMILES string of the molecule is CC1Cc2ccccc2N1CC(=O)c1c(N)n(C2CC2)c(=O)[nH]c1=O. The summed E-state index contributed by atoms with van der Waals surface area (Å²) in [5, 5.41) is 0. The van der Waals surface area contributed by atoms with Crippen LogP contribution in [0.5, 0.6) is 0 Å². The van der Waals surface area contributed by atoms with E-state index in [0.29, 0.717) is 0 Å². The molecule has 0 spiro atoms. The second-order valence-corrected chi connectivity index (χ2v) is 6.85. The largest absolute Gasteiger partial charge is 0.384 e. The average Bonchev–Trinajstić information content (AvgIpc) is 3.32. The van der Waals surface area contributed by atoms with Crippen molar-refractivity contribution in [1.29, 1.82) is 0 Å². The highest BCUT2D eigenvalue weighted by atomic mass is 16.2. The number of aromatic amines is 1. The van der Waals surface area contributed by atoms with Crippen molar-refractivity contribution in [3.8, 4) is 0 Å². The van der Waals surface area contributed by atoms with E-state index in [2.05, 4.69) is 4.98 Å². The Balaban J connectivity index is 1.70. The molecule has 7 heteroatoms. The number of anilines is 2. The number of H-pyrrole nitrogens is 1. The predicted octanol–water partition coefficient (Wildman–Crippen LogP) is 1.09. The molecule has 0 bridgehead atoms. The molecule has 1 atom stereocenters. The van der Waals surface area contributed by atoms with Gasteiger partial charge in [0, 0.05) is 17.8 Å². The summed E-state index contributed by atoms with van der Waals surface area (Å²) in [5.41, 5.74) is 6.88. The fourth-order valence-electron chi connectivity index (χ4n) is 3.64. The number of hydrogen-bond acceptors (Lipinski definition) is 5. The van der Waals surface area contributed by atoms with E-state index in [1.807, 2.05) is 36.1 Å². The van der Waals surface area contributed by atoms with Gasteiger partial charge in [-0.3, -0.25) is 19.1 Å². The first kappa shape index (κ1) is 15.7. The van der Waals surface area contributed by atoms with Crippen LogP contribution in [0.15, 0.2) is 33.9 Å². The molecule has 2 aliphatic rings. The van der Waals surface area contributed by atoms with Gasteiger partial charge in [-0.2, -0.15) is 0 Å². The molecule has 1 unspecified atom stereocenters. The molecule has 3 N–H and O–H groups in total. The number of fused-ring (bicyclic) bond motifs is 1. The van der Waals surface area contributed by atoms with Crippen LogP contribution in [0.2, 0.25) is 0 Å². The van der Waals surface area contributed by atoms with Crippen molar-refractivity contribution < 1.29 is 4.79 Å². The van der Waals surface area contributed by atoms with Crippen LogP contribution in [0.3, 0.4) is 0 Å². The van der Waals surface area contributed by atoms with Crippen molar-refractivity contribution in [2.45, 2.75) is 38.3 Å². The molecule has 1 aromatic heterocycles. The lowest BCUT2D eigenvalue weighted by atomic mass is 10.1. The van der Waals surface area contributed by atoms with Gasteiger partial charge in [-0.25, -0.2) is 4.79 Å². The average molecular weight is 340 g/mol. The van der Waals surface area contributed by atoms with Gasteiger partial charge >= 0.3 is 5.69 Å². The molecule has 4 rings (SSSR count). The Labute approximate surface area is 144 Å². The van der Waals surface area contributed by atoms with Gasteiger partial charge in [0.1, 0.15) is 11.4 Å². The van der Waals surface area contributed by atoms with Gasteiger partial charge in [0.05, 0.1) is 6.54 Å². The van der Waals surface area contributed by atoms with Crippen molar-refractivity contribution in [2.24, 2.45) is 0 Å². The fourth-order valence-corrected chi connectivity index (χ4v) is 3.64. The standard InChI is InChI=1S/C18H20N4O3/c1-10-8-11-4-2-3-5-13(11)21(10)9-14(23)15-16(19)22(12-6-7-12)18(25)20-17(15)24/h2-5,10,12H,6-9,19H2,1H3,(H,20,24,25). The predicted molar refractivity (Wildman–Crippen MR) is 95.3 cm³/mol. The number of aromatic nitrogens is 2. The molecular weight excluding hydrogens is 320 g/mol. The molecule has 2 aromatic rings. The van der Waals surface area contributed by atoms with Crippen LogP contribution in [0.4, 0.5) is 11.5 Å². The molecule has 1 aromatic carbocycles. The van der Waals surface area contributed by atoms with Crippen LogP contribution in [-0.2, 0) is 6.42 Å². The number of rotatable bonds is 4. The van der Waals surface area contributed by atoms with E-state index in [1.165, 1.54) is 10.1 Å². The van der Waals surface area contributed by atoms with Crippen molar-refractivity contribution in [3.05, 3.63) is 56.2 Å². The van der Waals surface area contributed by atoms with Gasteiger partial charge in [0.15, 0.2) is 5.78 Å². The highest BCUT2D eigenvalue weighted by Crippen LogP contribution is 2.35. The number of hydrogen-bond donors (Lipinski definition) is 2. The molecule has 1 aliphatic heterocycles. The van der Waals surface area contributed by atoms with E-state index in [4.69, 9.17) is 5.73 Å². The Bertz CT molecular complexity index is 971. The van der Waals surface area contributed by atoms with Crippen molar-refractivity contribution >= 4 is 17.3 Å². The molecule has 1 fully saturated rings. The van der Waals surface area contributed by atoms with E-state index in [0.717, 1.165) is 24.9 Å².